The molecular weight excluding hydrogens is 452 g/mol. The lowest BCUT2D eigenvalue weighted by molar-refractivity contribution is -0.138. The molecule has 30 heavy (non-hydrogen) atoms. The summed E-state index contributed by atoms with van der Waals surface area (Å²) in [6.45, 7) is 1.22. The fourth-order valence-electron chi connectivity index (χ4n) is 2.37. The Balaban J connectivity index is 2.29. The van der Waals surface area contributed by atoms with E-state index in [1.54, 1.807) is 73.7 Å². The number of para-hydroxylation sites is 1. The van der Waals surface area contributed by atoms with Gasteiger partial charge in [-0.2, -0.15) is 5.26 Å². The third kappa shape index (κ3) is 5.78. The lowest BCUT2D eigenvalue weighted by Crippen LogP contribution is -2.48. The highest BCUT2D eigenvalue weighted by Crippen LogP contribution is 2.27. The van der Waals surface area contributed by atoms with Crippen LogP contribution in [0.4, 0.5) is 5.69 Å². The number of nitrogens with one attached hydrogen (secondary N) is 1. The van der Waals surface area contributed by atoms with Crippen LogP contribution in [0.3, 0.4) is 0 Å². The molecule has 0 fully saturated rings. The van der Waals surface area contributed by atoms with Crippen LogP contribution < -0.4 is 5.32 Å². The molecule has 0 aliphatic rings. The van der Waals surface area contributed by atoms with Gasteiger partial charge in [-0.15, -0.1) is 0 Å². The number of esters is 1. The highest BCUT2D eigenvalue weighted by Gasteiger charge is 2.45. The minimum Gasteiger partial charge on any atom is -0.497 e. The summed E-state index contributed by atoms with van der Waals surface area (Å²) < 4.78 is 8.25. The van der Waals surface area contributed by atoms with Crippen LogP contribution in [0.25, 0.3) is 0 Å². The predicted molar refractivity (Wildman–Crippen MR) is 114 cm³/mol. The van der Waals surface area contributed by atoms with Crippen molar-refractivity contribution < 1.29 is 23.9 Å². The van der Waals surface area contributed by atoms with Crippen LogP contribution in [0.5, 0.6) is 0 Å². The molecule has 7 nitrogen and oxygen atoms in total. The number of carbonyl (C=O) groups is 3. The number of hydrogen-bond donors (Lipinski definition) is 1. The fraction of sp³-hybridized carbons (Fsp3) is 0.182. The quantitative estimate of drug-likeness (QED) is 0.114. The van der Waals surface area contributed by atoms with E-state index in [0.29, 0.717) is 5.69 Å². The SMILES string of the molecule is CCOC(=O)/C(C#N)=C/OCC(Br)(C(=O)Nc1ccccc1)C(=O)c1ccccc1. The Morgan fingerprint density at radius 2 is 1.70 bits per heavy atom. The number of amides is 1. The lowest BCUT2D eigenvalue weighted by Gasteiger charge is -2.24. The van der Waals surface area contributed by atoms with Gasteiger partial charge in [-0.1, -0.05) is 64.5 Å². The van der Waals surface area contributed by atoms with Gasteiger partial charge in [0.1, 0.15) is 18.9 Å². The Hall–Kier alpha value is -3.44. The molecule has 2 aromatic carbocycles. The first kappa shape index (κ1) is 22.8. The van der Waals surface area contributed by atoms with Crippen LogP contribution >= 0.6 is 15.9 Å². The number of hydrogen-bond acceptors (Lipinski definition) is 6. The van der Waals surface area contributed by atoms with E-state index in [2.05, 4.69) is 21.2 Å². The second-order valence-corrected chi connectivity index (χ2v) is 7.35. The standard InChI is InChI=1S/C22H19BrN2O5/c1-2-30-20(27)17(13-24)14-29-15-22(23,19(26)16-9-5-3-6-10-16)21(28)25-18-11-7-4-8-12-18/h3-12,14H,2,15H2,1H3,(H,25,28)/b17-14+. The van der Waals surface area contributed by atoms with E-state index in [1.807, 2.05) is 0 Å². The van der Waals surface area contributed by atoms with E-state index in [4.69, 9.17) is 14.7 Å². The van der Waals surface area contributed by atoms with Gasteiger partial charge in [0, 0.05) is 11.3 Å². The van der Waals surface area contributed by atoms with Gasteiger partial charge in [0.25, 0.3) is 5.91 Å². The molecule has 0 spiro atoms. The summed E-state index contributed by atoms with van der Waals surface area (Å²) in [4.78, 5) is 37.8. The smallest absolute Gasteiger partial charge is 0.352 e. The molecule has 0 radical (unpaired) electrons. The molecule has 0 aliphatic carbocycles. The molecular formula is C22H19BrN2O5. The van der Waals surface area contributed by atoms with Crippen molar-refractivity contribution in [2.75, 3.05) is 18.5 Å². The van der Waals surface area contributed by atoms with Crippen LogP contribution in [-0.2, 0) is 19.1 Å². The summed E-state index contributed by atoms with van der Waals surface area (Å²) in [7, 11) is 0. The number of alkyl halides is 1. The molecule has 1 unspecified atom stereocenters. The molecule has 0 saturated heterocycles. The van der Waals surface area contributed by atoms with Gasteiger partial charge in [-0.05, 0) is 19.1 Å². The molecule has 0 bridgehead atoms. The number of Topliss-reactive ketones (excluding diaryl/α,β-unsaturated/α-hetero) is 1. The molecule has 1 N–H and O–H groups in total. The lowest BCUT2D eigenvalue weighted by atomic mass is 9.97. The van der Waals surface area contributed by atoms with Crippen LogP contribution in [0.2, 0.25) is 0 Å². The van der Waals surface area contributed by atoms with Gasteiger partial charge in [-0.25, -0.2) is 4.79 Å². The molecule has 2 aromatic rings. The van der Waals surface area contributed by atoms with Gasteiger partial charge in [-0.3, -0.25) is 9.59 Å². The molecule has 2 rings (SSSR count). The van der Waals surface area contributed by atoms with E-state index in [1.165, 1.54) is 0 Å². The maximum Gasteiger partial charge on any atom is 0.352 e. The van der Waals surface area contributed by atoms with Crippen molar-refractivity contribution in [3.8, 4) is 6.07 Å². The number of anilines is 1. The third-order valence-electron chi connectivity index (χ3n) is 3.89. The van der Waals surface area contributed by atoms with Crippen molar-refractivity contribution in [1.82, 2.24) is 0 Å². The average molecular weight is 471 g/mol. The van der Waals surface area contributed by atoms with Crippen LogP contribution in [0.1, 0.15) is 17.3 Å². The Morgan fingerprint density at radius 3 is 2.27 bits per heavy atom. The molecule has 0 heterocycles. The Labute approximate surface area is 182 Å². The summed E-state index contributed by atoms with van der Waals surface area (Å²) in [5, 5.41) is 11.8. The van der Waals surface area contributed by atoms with E-state index in [9.17, 15) is 14.4 Å². The zero-order chi connectivity index (χ0) is 22.0. The topological polar surface area (TPSA) is 105 Å². The van der Waals surface area contributed by atoms with Crippen LogP contribution in [0, 0.1) is 11.3 Å². The second-order valence-electron chi connectivity index (χ2n) is 5.99. The van der Waals surface area contributed by atoms with Crippen molar-refractivity contribution in [1.29, 1.82) is 5.26 Å². The molecule has 0 aromatic heterocycles. The summed E-state index contributed by atoms with van der Waals surface area (Å²) >= 11 is 3.24. The van der Waals surface area contributed by atoms with Crippen LogP contribution in [0.15, 0.2) is 72.5 Å². The molecule has 0 saturated carbocycles. The Kier molecular flexibility index (Phi) is 8.32. The second kappa shape index (κ2) is 10.9. The first-order valence-corrected chi connectivity index (χ1v) is 9.76. The van der Waals surface area contributed by atoms with Gasteiger partial charge in [0.2, 0.25) is 4.32 Å². The zero-order valence-electron chi connectivity index (χ0n) is 16.1. The highest BCUT2D eigenvalue weighted by atomic mass is 79.9. The largest absolute Gasteiger partial charge is 0.497 e. The number of nitriles is 1. The van der Waals surface area contributed by atoms with E-state index in [-0.39, 0.29) is 17.7 Å². The van der Waals surface area contributed by atoms with Crippen molar-refractivity contribution in [3.63, 3.8) is 0 Å². The van der Waals surface area contributed by atoms with E-state index >= 15 is 0 Å². The van der Waals surface area contributed by atoms with Crippen molar-refractivity contribution in [2.24, 2.45) is 0 Å². The van der Waals surface area contributed by atoms with E-state index < -0.39 is 28.6 Å². The minimum absolute atomic E-state index is 0.0895. The van der Waals surface area contributed by atoms with Crippen molar-refractivity contribution in [2.45, 2.75) is 11.2 Å². The van der Waals surface area contributed by atoms with Gasteiger partial charge in [0.05, 0.1) is 6.61 Å². The Bertz CT molecular complexity index is 970. The number of carbonyl (C=O) groups excluding carboxylic acids is 3. The van der Waals surface area contributed by atoms with Gasteiger partial charge in [0.15, 0.2) is 11.4 Å². The van der Waals surface area contributed by atoms with Gasteiger partial charge >= 0.3 is 5.97 Å². The monoisotopic (exact) mass is 470 g/mol. The summed E-state index contributed by atoms with van der Waals surface area (Å²) in [6, 6.07) is 18.5. The normalized spacial score (nSPS) is 12.8. The number of rotatable bonds is 9. The Morgan fingerprint density at radius 1 is 1.10 bits per heavy atom. The summed E-state index contributed by atoms with van der Waals surface area (Å²) in [6.07, 6.45) is 0.877. The number of nitrogens with zero attached hydrogens (tertiary/aromatic N) is 1. The zero-order valence-corrected chi connectivity index (χ0v) is 17.7. The summed E-state index contributed by atoms with van der Waals surface area (Å²) in [5.41, 5.74) is 0.394. The predicted octanol–water partition coefficient (Wildman–Crippen LogP) is 3.63. The molecule has 1 amide bonds. The number of ketones is 1. The molecule has 154 valence electrons. The van der Waals surface area contributed by atoms with Crippen molar-refractivity contribution in [3.05, 3.63) is 78.1 Å². The third-order valence-corrected chi connectivity index (χ3v) is 4.84. The highest BCUT2D eigenvalue weighted by molar-refractivity contribution is 9.10. The number of ether oxygens (including phenoxy) is 2. The minimum atomic E-state index is -1.81. The maximum absolute atomic E-state index is 13.1. The first-order valence-electron chi connectivity index (χ1n) is 8.96. The van der Waals surface area contributed by atoms with Crippen LogP contribution in [-0.4, -0.2) is 35.2 Å². The maximum atomic E-state index is 13.1. The number of halogens is 1. The molecule has 0 aliphatic heterocycles. The van der Waals surface area contributed by atoms with E-state index in [0.717, 1.165) is 6.26 Å². The summed E-state index contributed by atoms with van der Waals surface area (Å²) in [5.74, 6) is -2.06. The van der Waals surface area contributed by atoms with Gasteiger partial charge < -0.3 is 14.8 Å². The first-order chi connectivity index (χ1) is 14.4. The van der Waals surface area contributed by atoms with Crippen molar-refractivity contribution >= 4 is 39.3 Å². The average Bonchev–Trinajstić information content (AvgIpc) is 2.77. The molecule has 8 heteroatoms. The fourth-order valence-corrected chi connectivity index (χ4v) is 2.83. The number of benzene rings is 2. The molecule has 1 atom stereocenters.